The maximum atomic E-state index is 13.1. The molecule has 0 aliphatic heterocycles. The summed E-state index contributed by atoms with van der Waals surface area (Å²) in [4.78, 5) is 53.9. The van der Waals surface area contributed by atoms with Crippen molar-refractivity contribution in [1.82, 2.24) is 20.2 Å². The molecule has 0 spiro atoms. The van der Waals surface area contributed by atoms with Gasteiger partial charge in [0.2, 0.25) is 6.29 Å². The largest absolute Gasteiger partial charge is 0.511 e. The van der Waals surface area contributed by atoms with Crippen LogP contribution < -0.4 is 10.6 Å². The van der Waals surface area contributed by atoms with Crippen molar-refractivity contribution in [3.05, 3.63) is 125 Å². The van der Waals surface area contributed by atoms with Crippen molar-refractivity contribution in [3.8, 4) is 11.4 Å². The molecule has 13 nitrogen and oxygen atoms in total. The molecule has 0 aliphatic carbocycles. The summed E-state index contributed by atoms with van der Waals surface area (Å²) in [6.07, 6.45) is -0.149. The highest BCUT2D eigenvalue weighted by atomic mass is 16.8. The lowest BCUT2D eigenvalue weighted by Gasteiger charge is -2.13. The molecule has 0 aliphatic rings. The molecule has 1 aromatic heterocycles. The fourth-order valence-electron chi connectivity index (χ4n) is 5.62. The van der Waals surface area contributed by atoms with E-state index in [0.717, 1.165) is 35.9 Å². The minimum Gasteiger partial charge on any atom is -0.444 e. The molecule has 54 heavy (non-hydrogen) atoms. The number of nitrogens with one attached hydrogen (secondary N) is 3. The number of carbonyl (C=O) groups is 4. The van der Waals surface area contributed by atoms with Gasteiger partial charge in [-0.15, -0.1) is 0 Å². The van der Waals surface area contributed by atoms with Crippen LogP contribution in [0.4, 0.5) is 9.59 Å². The van der Waals surface area contributed by atoms with E-state index < -0.39 is 30.4 Å². The van der Waals surface area contributed by atoms with Crippen LogP contribution in [0, 0.1) is 5.41 Å². The van der Waals surface area contributed by atoms with Gasteiger partial charge in [-0.3, -0.25) is 20.3 Å². The number of aromatic nitrogens is 2. The third-order valence-corrected chi connectivity index (χ3v) is 8.26. The van der Waals surface area contributed by atoms with E-state index in [1.165, 1.54) is 12.5 Å². The summed E-state index contributed by atoms with van der Waals surface area (Å²) < 4.78 is 21.9. The second-order valence-corrected chi connectivity index (χ2v) is 12.2. The number of amidine groups is 1. The van der Waals surface area contributed by atoms with Gasteiger partial charge < -0.3 is 28.8 Å². The Morgan fingerprint density at radius 2 is 1.50 bits per heavy atom. The highest BCUT2D eigenvalue weighted by molar-refractivity contribution is 6.04. The molecule has 2 amide bonds. The molecule has 0 bridgehead atoms. The van der Waals surface area contributed by atoms with Crippen LogP contribution in [0.25, 0.3) is 22.4 Å². The second-order valence-electron chi connectivity index (χ2n) is 12.2. The Bertz CT molecular complexity index is 2050. The molecular formula is C41H43N5O8. The lowest BCUT2D eigenvalue weighted by molar-refractivity contribution is -0.167. The summed E-state index contributed by atoms with van der Waals surface area (Å²) in [6, 6.07) is 32.0. The number of nitrogens with zero attached hydrogens (tertiary/aromatic N) is 2. The number of benzene rings is 4. The predicted octanol–water partition coefficient (Wildman–Crippen LogP) is 7.16. The van der Waals surface area contributed by atoms with Crippen LogP contribution in [0.2, 0.25) is 0 Å². The van der Waals surface area contributed by atoms with Crippen molar-refractivity contribution in [2.24, 2.45) is 0 Å². The molecule has 1 unspecified atom stereocenters. The average Bonchev–Trinajstić information content (AvgIpc) is 3.54. The first-order valence-corrected chi connectivity index (χ1v) is 17.7. The quantitative estimate of drug-likeness (QED) is 0.0238. The zero-order valence-electron chi connectivity index (χ0n) is 30.2. The van der Waals surface area contributed by atoms with Crippen LogP contribution in [-0.2, 0) is 43.3 Å². The van der Waals surface area contributed by atoms with Gasteiger partial charge in [-0.1, -0.05) is 84.9 Å². The Morgan fingerprint density at radius 1 is 0.815 bits per heavy atom. The first kappa shape index (κ1) is 38.7. The van der Waals surface area contributed by atoms with Crippen molar-refractivity contribution in [2.45, 2.75) is 59.0 Å². The number of amides is 2. The summed E-state index contributed by atoms with van der Waals surface area (Å²) >= 11 is 0. The maximum absolute atomic E-state index is 13.1. The molecule has 5 aromatic rings. The van der Waals surface area contributed by atoms with Crippen LogP contribution in [0.5, 0.6) is 0 Å². The third kappa shape index (κ3) is 11.2. The molecular weight excluding hydrogens is 690 g/mol. The molecule has 0 saturated heterocycles. The summed E-state index contributed by atoms with van der Waals surface area (Å²) in [6.45, 7) is 3.92. The average molecular weight is 734 g/mol. The number of rotatable bonds is 16. The monoisotopic (exact) mass is 733 g/mol. The Balaban J connectivity index is 1.25. The Kier molecular flexibility index (Phi) is 13.9. The van der Waals surface area contributed by atoms with Crippen LogP contribution in [-0.4, -0.2) is 59.0 Å². The van der Waals surface area contributed by atoms with Crippen LogP contribution in [0.3, 0.4) is 0 Å². The first-order valence-electron chi connectivity index (χ1n) is 17.7. The van der Waals surface area contributed by atoms with Crippen molar-refractivity contribution in [3.63, 3.8) is 0 Å². The summed E-state index contributed by atoms with van der Waals surface area (Å²) in [5, 5.41) is 13.6. The van der Waals surface area contributed by atoms with Gasteiger partial charge >= 0.3 is 18.2 Å². The molecule has 0 saturated carbocycles. The zero-order valence-corrected chi connectivity index (χ0v) is 30.2. The van der Waals surface area contributed by atoms with Gasteiger partial charge in [0, 0.05) is 36.7 Å². The first-order chi connectivity index (χ1) is 26.2. The molecule has 5 rings (SSSR count). The van der Waals surface area contributed by atoms with E-state index in [1.807, 2.05) is 66.7 Å². The van der Waals surface area contributed by atoms with Crippen molar-refractivity contribution in [2.75, 3.05) is 13.2 Å². The van der Waals surface area contributed by atoms with Gasteiger partial charge in [0.15, 0.2) is 0 Å². The van der Waals surface area contributed by atoms with Crippen molar-refractivity contribution >= 4 is 41.0 Å². The standard InChI is InChI=1S/C41H43N5O8/c1-3-51-41(50)54-28(2)53-36(47)23-24-43-39(48)33-21-22-35-34(26-33)44-38(46(35)25-11-10-14-29-12-6-4-7-13-29)32-19-17-31(18-20-32)37(42)45-40(49)52-27-30-15-8-5-9-16-30/h4-9,12-13,15-22,26,28H,3,10-11,14,23-25,27H2,1-2H3,(H,43,48)(H2,42,45,49). The lowest BCUT2D eigenvalue weighted by Crippen LogP contribution is -2.30. The predicted molar refractivity (Wildman–Crippen MR) is 202 cm³/mol. The van der Waals surface area contributed by atoms with Crippen LogP contribution in [0.15, 0.2) is 103 Å². The van der Waals surface area contributed by atoms with E-state index in [4.69, 9.17) is 24.6 Å². The molecule has 1 heterocycles. The number of alkyl carbamates (subject to hydrolysis) is 1. The summed E-state index contributed by atoms with van der Waals surface area (Å²) in [5.41, 5.74) is 5.22. The molecule has 0 radical (unpaired) electrons. The minimum atomic E-state index is -1.13. The fourth-order valence-corrected chi connectivity index (χ4v) is 5.62. The number of hydrogen-bond donors (Lipinski definition) is 3. The lowest BCUT2D eigenvalue weighted by atomic mass is 10.1. The number of aryl methyl sites for hydroxylation is 2. The second kappa shape index (κ2) is 19.4. The van der Waals surface area contributed by atoms with E-state index in [9.17, 15) is 19.2 Å². The van der Waals surface area contributed by atoms with Gasteiger partial charge in [-0.2, -0.15) is 0 Å². The fraction of sp³-hybridized carbons (Fsp3) is 0.268. The smallest absolute Gasteiger partial charge is 0.444 e. The number of imidazole rings is 1. The van der Waals surface area contributed by atoms with Gasteiger partial charge in [0.05, 0.1) is 24.1 Å². The summed E-state index contributed by atoms with van der Waals surface area (Å²) in [7, 11) is 0. The molecule has 4 aromatic carbocycles. The van der Waals surface area contributed by atoms with E-state index in [0.29, 0.717) is 29.0 Å². The molecule has 1 atom stereocenters. The van der Waals surface area contributed by atoms with Crippen LogP contribution >= 0.6 is 0 Å². The SMILES string of the molecule is CCOC(=O)OC(C)OC(=O)CCNC(=O)c1ccc2c(c1)nc(-c1ccc(C(=N)NC(=O)OCc3ccccc3)cc1)n2CCCCc1ccccc1. The highest BCUT2D eigenvalue weighted by Crippen LogP contribution is 2.27. The van der Waals surface area contributed by atoms with E-state index in [-0.39, 0.29) is 32.0 Å². The van der Waals surface area contributed by atoms with Gasteiger partial charge in [0.1, 0.15) is 18.3 Å². The maximum Gasteiger partial charge on any atom is 0.511 e. The summed E-state index contributed by atoms with van der Waals surface area (Å²) in [5.74, 6) is -0.454. The molecule has 280 valence electrons. The van der Waals surface area contributed by atoms with E-state index in [2.05, 4.69) is 32.1 Å². The van der Waals surface area contributed by atoms with Crippen molar-refractivity contribution in [1.29, 1.82) is 5.41 Å². The topological polar surface area (TPSA) is 171 Å². The van der Waals surface area contributed by atoms with Crippen LogP contribution in [0.1, 0.15) is 60.2 Å². The number of unbranched alkanes of at least 4 members (excludes halogenated alkanes) is 1. The molecule has 0 fully saturated rings. The molecule has 3 N–H and O–H groups in total. The zero-order chi connectivity index (χ0) is 38.3. The number of esters is 1. The molecule has 13 heteroatoms. The van der Waals surface area contributed by atoms with E-state index in [1.54, 1.807) is 31.2 Å². The van der Waals surface area contributed by atoms with Crippen molar-refractivity contribution < 1.29 is 38.1 Å². The minimum absolute atomic E-state index is 0.00386. The number of hydrogen-bond acceptors (Lipinski definition) is 10. The van der Waals surface area contributed by atoms with E-state index >= 15 is 0 Å². The van der Waals surface area contributed by atoms with Gasteiger partial charge in [-0.25, -0.2) is 14.6 Å². The number of carbonyl (C=O) groups excluding carboxylic acids is 4. The third-order valence-electron chi connectivity index (χ3n) is 8.26. The Hall–Kier alpha value is -6.50. The Morgan fingerprint density at radius 3 is 2.20 bits per heavy atom. The Labute approximate surface area is 313 Å². The van der Waals surface area contributed by atoms with Gasteiger partial charge in [0.25, 0.3) is 5.91 Å². The number of fused-ring (bicyclic) bond motifs is 1. The number of ether oxygens (including phenoxy) is 4. The van der Waals surface area contributed by atoms with Gasteiger partial charge in [-0.05, 0) is 55.5 Å². The highest BCUT2D eigenvalue weighted by Gasteiger charge is 2.18. The normalized spacial score (nSPS) is 11.3.